The van der Waals surface area contributed by atoms with Crippen LogP contribution in [0.5, 0.6) is 11.5 Å². The van der Waals surface area contributed by atoms with Crippen LogP contribution >= 0.6 is 0 Å². The average molecular weight is 309 g/mol. The van der Waals surface area contributed by atoms with Crippen molar-refractivity contribution in [1.82, 2.24) is 5.32 Å². The molecule has 0 saturated heterocycles. The highest BCUT2D eigenvalue weighted by molar-refractivity contribution is 5.69. The predicted octanol–water partition coefficient (Wildman–Crippen LogP) is 2.86. The van der Waals surface area contributed by atoms with Gasteiger partial charge in [0.2, 0.25) is 0 Å². The van der Waals surface area contributed by atoms with Gasteiger partial charge in [-0.3, -0.25) is 0 Å². The van der Waals surface area contributed by atoms with Crippen molar-refractivity contribution >= 4 is 12.4 Å². The topological polar surface area (TPSA) is 73.9 Å². The second-order valence-electron chi connectivity index (χ2n) is 5.72. The number of aldehydes is 1. The van der Waals surface area contributed by atoms with E-state index in [9.17, 15) is 9.59 Å². The van der Waals surface area contributed by atoms with Gasteiger partial charge >= 0.3 is 6.09 Å². The van der Waals surface area contributed by atoms with Crippen LogP contribution in [-0.4, -0.2) is 32.2 Å². The summed E-state index contributed by atoms with van der Waals surface area (Å²) >= 11 is 0. The quantitative estimate of drug-likeness (QED) is 0.818. The van der Waals surface area contributed by atoms with Gasteiger partial charge in [0.05, 0.1) is 20.3 Å². The van der Waals surface area contributed by atoms with E-state index in [2.05, 4.69) is 5.32 Å². The molecule has 1 rings (SSSR count). The van der Waals surface area contributed by atoms with Crippen molar-refractivity contribution in [1.29, 1.82) is 0 Å². The minimum atomic E-state index is -0.604. The van der Waals surface area contributed by atoms with Crippen LogP contribution in [0.25, 0.3) is 0 Å². The third-order valence-electron chi connectivity index (χ3n) is 2.83. The van der Waals surface area contributed by atoms with Crippen LogP contribution in [0.15, 0.2) is 18.2 Å². The number of methoxy groups -OCH3 is 2. The third kappa shape index (κ3) is 5.27. The maximum Gasteiger partial charge on any atom is 0.408 e. The predicted molar refractivity (Wildman–Crippen MR) is 82.3 cm³/mol. The highest BCUT2D eigenvalue weighted by Crippen LogP contribution is 2.30. The van der Waals surface area contributed by atoms with E-state index in [4.69, 9.17) is 14.2 Å². The van der Waals surface area contributed by atoms with Crippen molar-refractivity contribution in [2.45, 2.75) is 38.8 Å². The summed E-state index contributed by atoms with van der Waals surface area (Å²) in [6.07, 6.45) is 0.308. The zero-order chi connectivity index (χ0) is 16.8. The molecule has 0 saturated carbocycles. The van der Waals surface area contributed by atoms with Gasteiger partial charge in [0.25, 0.3) is 0 Å². The first-order chi connectivity index (χ1) is 10.3. The molecule has 1 aromatic rings. The molecule has 0 aliphatic rings. The van der Waals surface area contributed by atoms with Gasteiger partial charge in [-0.05, 0) is 38.5 Å². The average Bonchev–Trinajstić information content (AvgIpc) is 2.44. The largest absolute Gasteiger partial charge is 0.493 e. The number of carbonyl (C=O) groups excluding carboxylic acids is 2. The van der Waals surface area contributed by atoms with E-state index < -0.39 is 17.7 Å². The molecule has 0 bridgehead atoms. The molecule has 1 amide bonds. The molecule has 6 nitrogen and oxygen atoms in total. The first kappa shape index (κ1) is 17.8. The number of hydrogen-bond donors (Lipinski definition) is 1. The van der Waals surface area contributed by atoms with E-state index in [0.717, 1.165) is 11.8 Å². The highest BCUT2D eigenvalue weighted by atomic mass is 16.6. The van der Waals surface area contributed by atoms with Gasteiger partial charge in [-0.25, -0.2) is 4.79 Å². The van der Waals surface area contributed by atoms with E-state index in [1.165, 1.54) is 7.11 Å². The molecule has 0 spiro atoms. The fourth-order valence-corrected chi connectivity index (χ4v) is 1.89. The molecule has 0 fully saturated rings. The number of ether oxygens (including phenoxy) is 3. The monoisotopic (exact) mass is 309 g/mol. The Morgan fingerprint density at radius 1 is 1.23 bits per heavy atom. The third-order valence-corrected chi connectivity index (χ3v) is 2.83. The van der Waals surface area contributed by atoms with Crippen LogP contribution < -0.4 is 14.8 Å². The summed E-state index contributed by atoms with van der Waals surface area (Å²) < 4.78 is 15.6. The Balaban J connectivity index is 2.95. The molecule has 0 heterocycles. The zero-order valence-corrected chi connectivity index (χ0v) is 13.6. The molecule has 1 atom stereocenters. The van der Waals surface area contributed by atoms with E-state index in [1.54, 1.807) is 46.1 Å². The summed E-state index contributed by atoms with van der Waals surface area (Å²) in [6.45, 7) is 5.33. The Hall–Kier alpha value is -2.24. The van der Waals surface area contributed by atoms with Crippen LogP contribution in [0.2, 0.25) is 0 Å². The van der Waals surface area contributed by atoms with Gasteiger partial charge in [-0.15, -0.1) is 0 Å². The van der Waals surface area contributed by atoms with Gasteiger partial charge in [0, 0.05) is 6.42 Å². The Morgan fingerprint density at radius 2 is 1.86 bits per heavy atom. The van der Waals surface area contributed by atoms with E-state index in [-0.39, 0.29) is 6.42 Å². The fraction of sp³-hybridized carbons (Fsp3) is 0.500. The lowest BCUT2D eigenvalue weighted by molar-refractivity contribution is -0.108. The van der Waals surface area contributed by atoms with E-state index >= 15 is 0 Å². The molecule has 1 N–H and O–H groups in total. The number of nitrogens with one attached hydrogen (secondary N) is 1. The molecule has 0 radical (unpaired) electrons. The van der Waals surface area contributed by atoms with Crippen LogP contribution in [0.3, 0.4) is 0 Å². The second-order valence-corrected chi connectivity index (χ2v) is 5.72. The fourth-order valence-electron chi connectivity index (χ4n) is 1.89. The van der Waals surface area contributed by atoms with Crippen LogP contribution in [0.4, 0.5) is 4.79 Å². The van der Waals surface area contributed by atoms with Crippen molar-refractivity contribution in [2.75, 3.05) is 14.2 Å². The van der Waals surface area contributed by atoms with Crippen LogP contribution in [-0.2, 0) is 9.53 Å². The molecular formula is C16H23NO5. The molecular weight excluding hydrogens is 286 g/mol. The molecule has 0 aliphatic heterocycles. The number of amides is 1. The number of rotatable bonds is 6. The number of benzene rings is 1. The minimum Gasteiger partial charge on any atom is -0.493 e. The minimum absolute atomic E-state index is 0.134. The first-order valence-corrected chi connectivity index (χ1v) is 6.95. The van der Waals surface area contributed by atoms with Crippen molar-refractivity contribution in [3.05, 3.63) is 23.8 Å². The Labute approximate surface area is 130 Å². The lowest BCUT2D eigenvalue weighted by Gasteiger charge is -2.23. The van der Waals surface area contributed by atoms with Gasteiger partial charge in [-0.1, -0.05) is 6.07 Å². The summed E-state index contributed by atoms with van der Waals surface area (Å²) in [7, 11) is 3.07. The summed E-state index contributed by atoms with van der Waals surface area (Å²) in [5.74, 6) is 1.11. The summed E-state index contributed by atoms with van der Waals surface area (Å²) in [6, 6.07) is 4.73. The number of carbonyl (C=O) groups is 2. The van der Waals surface area contributed by atoms with Gasteiger partial charge in [-0.2, -0.15) is 0 Å². The SMILES string of the molecule is COc1ccc([C@H](CC=O)NC(=O)OC(C)(C)C)cc1OC. The first-order valence-electron chi connectivity index (χ1n) is 6.95. The van der Waals surface area contributed by atoms with Gasteiger partial charge < -0.3 is 24.3 Å². The smallest absolute Gasteiger partial charge is 0.408 e. The summed E-state index contributed by atoms with van der Waals surface area (Å²) in [5, 5.41) is 2.69. The molecule has 22 heavy (non-hydrogen) atoms. The Morgan fingerprint density at radius 3 is 2.36 bits per heavy atom. The molecule has 122 valence electrons. The van der Waals surface area contributed by atoms with Crippen LogP contribution in [0, 0.1) is 0 Å². The van der Waals surface area contributed by atoms with Gasteiger partial charge in [0.1, 0.15) is 11.9 Å². The molecule has 6 heteroatoms. The lowest BCUT2D eigenvalue weighted by atomic mass is 10.0. The highest BCUT2D eigenvalue weighted by Gasteiger charge is 2.21. The van der Waals surface area contributed by atoms with Crippen molar-refractivity contribution in [3.63, 3.8) is 0 Å². The van der Waals surface area contributed by atoms with E-state index in [0.29, 0.717) is 11.5 Å². The lowest BCUT2D eigenvalue weighted by Crippen LogP contribution is -2.35. The van der Waals surface area contributed by atoms with Crippen molar-refractivity contribution in [2.24, 2.45) is 0 Å². The second kappa shape index (κ2) is 7.68. The standard InChI is InChI=1S/C16H23NO5/c1-16(2,3)22-15(19)17-12(8-9-18)11-6-7-13(20-4)14(10-11)21-5/h6-7,9-10,12H,8H2,1-5H3,(H,17,19)/t12-/m0/s1. The molecule has 0 unspecified atom stereocenters. The summed E-state index contributed by atoms with van der Waals surface area (Å²) in [4.78, 5) is 22.8. The van der Waals surface area contributed by atoms with Crippen LogP contribution in [0.1, 0.15) is 38.8 Å². The van der Waals surface area contributed by atoms with Gasteiger partial charge in [0.15, 0.2) is 11.5 Å². The maximum absolute atomic E-state index is 11.9. The molecule has 0 aliphatic carbocycles. The number of alkyl carbamates (subject to hydrolysis) is 1. The van der Waals surface area contributed by atoms with Crippen molar-refractivity contribution in [3.8, 4) is 11.5 Å². The molecule has 0 aromatic heterocycles. The van der Waals surface area contributed by atoms with Crippen molar-refractivity contribution < 1.29 is 23.8 Å². The Kier molecular flexibility index (Phi) is 6.22. The van der Waals surface area contributed by atoms with E-state index in [1.807, 2.05) is 0 Å². The Bertz CT molecular complexity index is 522. The number of hydrogen-bond acceptors (Lipinski definition) is 5. The maximum atomic E-state index is 11.9. The molecule has 1 aromatic carbocycles. The summed E-state index contributed by atoms with van der Waals surface area (Å²) in [5.41, 5.74) is 0.128. The zero-order valence-electron chi connectivity index (χ0n) is 13.6. The normalized spacial score (nSPS) is 12.2.